The first kappa shape index (κ1) is 19.6. The van der Waals surface area contributed by atoms with E-state index < -0.39 is 55.4 Å². The number of aliphatic hydroxyl groups is 4. The molecule has 2 aliphatic rings. The van der Waals surface area contributed by atoms with E-state index in [0.717, 1.165) is 0 Å². The molecule has 7 atom stereocenters. The van der Waals surface area contributed by atoms with Gasteiger partial charge in [-0.25, -0.2) is 15.4 Å². The average molecular weight is 386 g/mol. The van der Waals surface area contributed by atoms with Crippen LogP contribution in [0.3, 0.4) is 0 Å². The Morgan fingerprint density at radius 3 is 2.70 bits per heavy atom. The van der Waals surface area contributed by atoms with Gasteiger partial charge in [-0.05, 0) is 6.92 Å². The topological polar surface area (TPSA) is 199 Å². The molecule has 3 rings (SSSR count). The minimum absolute atomic E-state index is 0.249. The number of aliphatic carboxylic acids is 1. The molecule has 1 aromatic heterocycles. The molecule has 0 amide bonds. The molecule has 150 valence electrons. The van der Waals surface area contributed by atoms with Gasteiger partial charge in [-0.2, -0.15) is 0 Å². The lowest BCUT2D eigenvalue weighted by Crippen LogP contribution is -2.56. The smallest absolute Gasteiger partial charge is 0.325 e. The van der Waals surface area contributed by atoms with Gasteiger partial charge < -0.3 is 36.0 Å². The van der Waals surface area contributed by atoms with Gasteiger partial charge in [-0.3, -0.25) is 14.4 Å². The number of hydrogen-bond donors (Lipinski definition) is 7. The van der Waals surface area contributed by atoms with Gasteiger partial charge in [0.25, 0.3) is 0 Å². The molecule has 2 aliphatic heterocycles. The van der Waals surface area contributed by atoms with E-state index in [1.165, 1.54) is 29.2 Å². The van der Waals surface area contributed by atoms with Crippen LogP contribution < -0.4 is 11.2 Å². The van der Waals surface area contributed by atoms with Crippen LogP contribution in [-0.2, 0) is 9.53 Å². The summed E-state index contributed by atoms with van der Waals surface area (Å²) in [6.45, 7) is 0.849. The van der Waals surface area contributed by atoms with Crippen molar-refractivity contribution in [2.24, 2.45) is 10.7 Å². The minimum atomic E-state index is -1.31. The summed E-state index contributed by atoms with van der Waals surface area (Å²) >= 11 is 0. The SMILES string of the molecule is C[C@@H](O)[C@H](NN1C=Nc2c(ncn2[C@@H]2O[C@H](CO)C(O)C2O)C1N)C(=O)O. The van der Waals surface area contributed by atoms with Gasteiger partial charge in [-0.1, -0.05) is 0 Å². The summed E-state index contributed by atoms with van der Waals surface area (Å²) < 4.78 is 6.82. The molecule has 0 bridgehead atoms. The molecule has 1 aromatic rings. The molecular formula is C14H22N6O7. The largest absolute Gasteiger partial charge is 0.480 e. The quantitative estimate of drug-likeness (QED) is 0.259. The number of nitrogens with one attached hydrogen (secondary N) is 1. The number of carbonyl (C=O) groups is 1. The molecule has 13 nitrogen and oxygen atoms in total. The van der Waals surface area contributed by atoms with Crippen molar-refractivity contribution in [3.05, 3.63) is 12.0 Å². The molecule has 0 aromatic carbocycles. The van der Waals surface area contributed by atoms with Crippen molar-refractivity contribution in [2.45, 2.75) is 49.8 Å². The fourth-order valence-electron chi connectivity index (χ4n) is 2.97. The zero-order valence-corrected chi connectivity index (χ0v) is 14.3. The van der Waals surface area contributed by atoms with Gasteiger partial charge in [0.2, 0.25) is 0 Å². The maximum atomic E-state index is 11.2. The Morgan fingerprint density at radius 2 is 2.15 bits per heavy atom. The van der Waals surface area contributed by atoms with Crippen molar-refractivity contribution in [1.82, 2.24) is 20.0 Å². The van der Waals surface area contributed by atoms with Crippen molar-refractivity contribution < 1.29 is 35.1 Å². The van der Waals surface area contributed by atoms with Crippen LogP contribution in [0.2, 0.25) is 0 Å². The summed E-state index contributed by atoms with van der Waals surface area (Å²) in [5.41, 5.74) is 8.92. The maximum absolute atomic E-state index is 11.2. The fourth-order valence-corrected chi connectivity index (χ4v) is 2.97. The van der Waals surface area contributed by atoms with Crippen LogP contribution in [0.15, 0.2) is 11.3 Å². The van der Waals surface area contributed by atoms with Crippen LogP contribution in [-0.4, -0.2) is 89.5 Å². The Labute approximate surface area is 153 Å². The molecule has 1 fully saturated rings. The summed E-state index contributed by atoms with van der Waals surface area (Å²) in [6.07, 6.45) is -4.15. The lowest BCUT2D eigenvalue weighted by atomic mass is 10.1. The van der Waals surface area contributed by atoms with Crippen LogP contribution in [0, 0.1) is 0 Å². The number of hydrogen-bond acceptors (Lipinski definition) is 11. The van der Waals surface area contributed by atoms with E-state index in [1.807, 2.05) is 0 Å². The van der Waals surface area contributed by atoms with E-state index in [9.17, 15) is 25.2 Å². The number of nitrogens with zero attached hydrogens (tertiary/aromatic N) is 4. The molecule has 3 heterocycles. The minimum Gasteiger partial charge on any atom is -0.480 e. The van der Waals surface area contributed by atoms with Crippen LogP contribution in [0.1, 0.15) is 25.0 Å². The number of ether oxygens (including phenoxy) is 1. The van der Waals surface area contributed by atoms with Crippen LogP contribution in [0.5, 0.6) is 0 Å². The summed E-state index contributed by atoms with van der Waals surface area (Å²) in [7, 11) is 0. The number of nitrogens with two attached hydrogens (primary N) is 1. The Balaban J connectivity index is 1.82. The number of aliphatic hydroxyl groups excluding tert-OH is 4. The summed E-state index contributed by atoms with van der Waals surface area (Å²) in [6, 6.07) is -1.31. The lowest BCUT2D eigenvalue weighted by molar-refractivity contribution is -0.143. The molecule has 13 heteroatoms. The number of rotatable bonds is 6. The number of aliphatic imine (C=N–C) groups is 1. The number of fused-ring (bicyclic) bond motifs is 1. The first-order chi connectivity index (χ1) is 12.8. The zero-order valence-electron chi connectivity index (χ0n) is 14.3. The third kappa shape index (κ3) is 3.41. The average Bonchev–Trinajstić information content (AvgIpc) is 3.16. The van der Waals surface area contributed by atoms with E-state index >= 15 is 0 Å². The van der Waals surface area contributed by atoms with Gasteiger partial charge in [0.15, 0.2) is 12.0 Å². The molecule has 8 N–H and O–H groups in total. The maximum Gasteiger partial charge on any atom is 0.325 e. The summed E-state index contributed by atoms with van der Waals surface area (Å²) in [4.78, 5) is 19.5. The van der Waals surface area contributed by atoms with E-state index in [2.05, 4.69) is 15.4 Å². The highest BCUT2D eigenvalue weighted by Gasteiger charge is 2.45. The molecule has 1 saturated heterocycles. The summed E-state index contributed by atoms with van der Waals surface area (Å²) in [5, 5.41) is 49.2. The molecular weight excluding hydrogens is 364 g/mol. The zero-order chi connectivity index (χ0) is 19.9. The van der Waals surface area contributed by atoms with E-state index in [-0.39, 0.29) is 11.5 Å². The molecule has 0 radical (unpaired) electrons. The first-order valence-electron chi connectivity index (χ1n) is 8.20. The number of hydrazine groups is 1. The molecule has 0 saturated carbocycles. The lowest BCUT2D eigenvalue weighted by Gasteiger charge is -2.32. The second-order valence-corrected chi connectivity index (χ2v) is 6.37. The molecule has 0 spiro atoms. The van der Waals surface area contributed by atoms with Crippen molar-refractivity contribution in [1.29, 1.82) is 0 Å². The molecule has 0 aliphatic carbocycles. The van der Waals surface area contributed by atoms with Crippen molar-refractivity contribution in [3.8, 4) is 0 Å². The van der Waals surface area contributed by atoms with Gasteiger partial charge in [0.05, 0.1) is 19.0 Å². The van der Waals surface area contributed by atoms with Crippen molar-refractivity contribution in [2.75, 3.05) is 6.61 Å². The monoisotopic (exact) mass is 386 g/mol. The normalized spacial score (nSPS) is 32.4. The Hall–Kier alpha value is -2.13. The van der Waals surface area contributed by atoms with Gasteiger partial charge in [-0.15, -0.1) is 0 Å². The van der Waals surface area contributed by atoms with Gasteiger partial charge in [0, 0.05) is 0 Å². The van der Waals surface area contributed by atoms with Crippen LogP contribution >= 0.6 is 0 Å². The highest BCUT2D eigenvalue weighted by atomic mass is 16.6. The van der Waals surface area contributed by atoms with Crippen molar-refractivity contribution >= 4 is 18.1 Å². The number of carboxylic acid groups (broad SMARTS) is 1. The molecule has 27 heavy (non-hydrogen) atoms. The number of imidazole rings is 1. The van der Waals surface area contributed by atoms with Crippen LogP contribution in [0.25, 0.3) is 0 Å². The second-order valence-electron chi connectivity index (χ2n) is 6.37. The fraction of sp³-hybridized carbons (Fsp3) is 0.643. The Bertz CT molecular complexity index is 725. The molecule has 3 unspecified atom stereocenters. The van der Waals surface area contributed by atoms with E-state index in [4.69, 9.17) is 15.6 Å². The third-order valence-electron chi connectivity index (χ3n) is 4.51. The predicted octanol–water partition coefficient (Wildman–Crippen LogP) is -3.23. The second kappa shape index (κ2) is 7.47. The number of aromatic nitrogens is 2. The van der Waals surface area contributed by atoms with Gasteiger partial charge in [0.1, 0.15) is 42.6 Å². The number of carboxylic acids is 1. The van der Waals surface area contributed by atoms with Crippen LogP contribution in [0.4, 0.5) is 5.82 Å². The Morgan fingerprint density at radius 1 is 1.44 bits per heavy atom. The standard InChI is InChI=1S/C14H22N6O7/c1-5(22)7(14(25)26)18-20-4-17-12-8(11(20)15)16-3-19(12)13-10(24)9(23)6(2-21)27-13/h3-7,9-11,13,18,21-24H,2,15H2,1H3,(H,25,26)/t5-,6-,7+,9?,10?,11?,13-/m1/s1. The highest BCUT2D eigenvalue weighted by Crippen LogP contribution is 2.36. The first-order valence-corrected chi connectivity index (χ1v) is 8.20. The van der Waals surface area contributed by atoms with Gasteiger partial charge >= 0.3 is 5.97 Å². The van der Waals surface area contributed by atoms with E-state index in [0.29, 0.717) is 0 Å². The highest BCUT2D eigenvalue weighted by molar-refractivity contribution is 5.75. The predicted molar refractivity (Wildman–Crippen MR) is 88.4 cm³/mol. The van der Waals surface area contributed by atoms with E-state index in [1.54, 1.807) is 0 Å². The third-order valence-corrected chi connectivity index (χ3v) is 4.51. The Kier molecular flexibility index (Phi) is 5.43. The van der Waals surface area contributed by atoms with Crippen molar-refractivity contribution in [3.63, 3.8) is 0 Å². The summed E-state index contributed by atoms with van der Waals surface area (Å²) in [5.74, 6) is -1.02.